The molecule has 32 heavy (non-hydrogen) atoms. The van der Waals surface area contributed by atoms with Crippen molar-refractivity contribution < 1.29 is 9.59 Å². The number of carbonyl (C=O) groups is 2. The minimum absolute atomic E-state index is 0.136. The largest absolute Gasteiger partial charge is 0.352 e. The Morgan fingerprint density at radius 1 is 1.06 bits per heavy atom. The molecule has 1 aliphatic heterocycles. The summed E-state index contributed by atoms with van der Waals surface area (Å²) in [6, 6.07) is 20.4. The molecule has 3 aromatic rings. The molecule has 7 heteroatoms. The molecular weight excluding hydrogens is 463 g/mol. The van der Waals surface area contributed by atoms with Crippen molar-refractivity contribution in [2.75, 3.05) is 18.5 Å². The van der Waals surface area contributed by atoms with E-state index in [4.69, 9.17) is 23.2 Å². The van der Waals surface area contributed by atoms with Crippen LogP contribution in [0.1, 0.15) is 21.5 Å². The van der Waals surface area contributed by atoms with Crippen LogP contribution in [0.2, 0.25) is 10.0 Å². The van der Waals surface area contributed by atoms with Gasteiger partial charge in [0.1, 0.15) is 0 Å². The van der Waals surface area contributed by atoms with E-state index in [0.717, 1.165) is 16.0 Å². The number of halogens is 2. The van der Waals surface area contributed by atoms with Gasteiger partial charge >= 0.3 is 0 Å². The third kappa shape index (κ3) is 5.01. The van der Waals surface area contributed by atoms with Crippen LogP contribution in [0, 0.1) is 0 Å². The van der Waals surface area contributed by atoms with E-state index < -0.39 is 0 Å². The number of anilines is 1. The number of benzene rings is 3. The van der Waals surface area contributed by atoms with E-state index in [1.54, 1.807) is 36.2 Å². The van der Waals surface area contributed by atoms with E-state index >= 15 is 0 Å². The second-order valence-corrected chi connectivity index (χ2v) is 9.24. The van der Waals surface area contributed by atoms with Crippen molar-refractivity contribution in [3.63, 3.8) is 0 Å². The molecule has 0 unspecified atom stereocenters. The van der Waals surface area contributed by atoms with Crippen LogP contribution in [0.15, 0.2) is 76.5 Å². The Morgan fingerprint density at radius 2 is 1.81 bits per heavy atom. The monoisotopic (exact) mass is 482 g/mol. The number of amides is 2. The quantitative estimate of drug-likeness (QED) is 0.448. The molecule has 1 aliphatic rings. The SMILES string of the molecule is CN1C(=O)C(=Cc2ccccc2Cl)Sc2ccc(C(=O)NCCc3ccc(Cl)cc3)cc21. The maximum absolute atomic E-state index is 12.9. The predicted molar refractivity (Wildman–Crippen MR) is 133 cm³/mol. The first kappa shape index (κ1) is 22.5. The molecule has 2 amide bonds. The fourth-order valence-electron chi connectivity index (χ4n) is 3.34. The van der Waals surface area contributed by atoms with Gasteiger partial charge < -0.3 is 10.2 Å². The molecule has 4 rings (SSSR count). The summed E-state index contributed by atoms with van der Waals surface area (Å²) in [5.74, 6) is -0.312. The van der Waals surface area contributed by atoms with Gasteiger partial charge in [0.2, 0.25) is 0 Å². The lowest BCUT2D eigenvalue weighted by Gasteiger charge is -2.27. The maximum Gasteiger partial charge on any atom is 0.264 e. The number of nitrogens with zero attached hydrogens (tertiary/aromatic N) is 1. The number of likely N-dealkylation sites (N-methyl/N-ethyl adjacent to an activating group) is 1. The fraction of sp³-hybridized carbons (Fsp3) is 0.120. The first-order chi connectivity index (χ1) is 15.4. The molecule has 0 aromatic heterocycles. The number of rotatable bonds is 5. The maximum atomic E-state index is 12.9. The summed E-state index contributed by atoms with van der Waals surface area (Å²) in [6.45, 7) is 0.506. The van der Waals surface area contributed by atoms with Crippen molar-refractivity contribution in [2.45, 2.75) is 11.3 Å². The predicted octanol–water partition coefficient (Wildman–Crippen LogP) is 6.08. The number of fused-ring (bicyclic) bond motifs is 1. The molecular formula is C25H20Cl2N2O2S. The topological polar surface area (TPSA) is 49.4 Å². The van der Waals surface area contributed by atoms with E-state index in [1.807, 2.05) is 48.5 Å². The van der Waals surface area contributed by atoms with Gasteiger partial charge in [-0.2, -0.15) is 0 Å². The lowest BCUT2D eigenvalue weighted by Crippen LogP contribution is -2.31. The van der Waals surface area contributed by atoms with Gasteiger partial charge in [0.15, 0.2) is 0 Å². The summed E-state index contributed by atoms with van der Waals surface area (Å²) >= 11 is 13.5. The Kier molecular flexibility index (Phi) is 6.89. The molecule has 4 nitrogen and oxygen atoms in total. The average Bonchev–Trinajstić information content (AvgIpc) is 2.79. The first-order valence-electron chi connectivity index (χ1n) is 10.0. The van der Waals surface area contributed by atoms with Gasteiger partial charge in [0.25, 0.3) is 11.8 Å². The second kappa shape index (κ2) is 9.82. The van der Waals surface area contributed by atoms with Crippen molar-refractivity contribution in [1.29, 1.82) is 0 Å². The van der Waals surface area contributed by atoms with Crippen molar-refractivity contribution in [3.05, 3.63) is 98.4 Å². The average molecular weight is 483 g/mol. The normalized spacial score (nSPS) is 14.4. The standard InChI is InChI=1S/C25H20Cl2N2O2S/c1-29-21-14-18(24(30)28-13-12-16-6-9-19(26)10-7-16)8-11-22(21)32-23(25(29)31)15-17-4-2-3-5-20(17)27/h2-11,14-15H,12-13H2,1H3,(H,28,30). The van der Waals surface area contributed by atoms with E-state index in [2.05, 4.69) is 5.32 Å². The zero-order valence-electron chi connectivity index (χ0n) is 17.3. The molecule has 1 N–H and O–H groups in total. The van der Waals surface area contributed by atoms with E-state index in [1.165, 1.54) is 11.8 Å². The molecule has 0 radical (unpaired) electrons. The zero-order chi connectivity index (χ0) is 22.7. The van der Waals surface area contributed by atoms with Crippen LogP contribution < -0.4 is 10.2 Å². The molecule has 0 fully saturated rings. The lowest BCUT2D eigenvalue weighted by molar-refractivity contribution is -0.114. The van der Waals surface area contributed by atoms with Crippen molar-refractivity contribution >= 4 is 58.5 Å². The lowest BCUT2D eigenvalue weighted by atomic mass is 10.1. The molecule has 0 atom stereocenters. The Labute approximate surface area is 201 Å². The summed E-state index contributed by atoms with van der Waals surface area (Å²) < 4.78 is 0. The van der Waals surface area contributed by atoms with E-state index in [9.17, 15) is 9.59 Å². The molecule has 0 aliphatic carbocycles. The van der Waals surface area contributed by atoms with Crippen LogP contribution in [0.25, 0.3) is 6.08 Å². The fourth-order valence-corrected chi connectivity index (χ4v) is 4.74. The van der Waals surface area contributed by atoms with Crippen LogP contribution >= 0.6 is 35.0 Å². The third-order valence-corrected chi connectivity index (χ3v) is 6.80. The molecule has 0 bridgehead atoms. The zero-order valence-corrected chi connectivity index (χ0v) is 19.6. The second-order valence-electron chi connectivity index (χ2n) is 7.31. The summed E-state index contributed by atoms with van der Waals surface area (Å²) in [6.07, 6.45) is 2.50. The van der Waals surface area contributed by atoms with Crippen molar-refractivity contribution in [1.82, 2.24) is 5.32 Å². The van der Waals surface area contributed by atoms with E-state index in [-0.39, 0.29) is 11.8 Å². The Balaban J connectivity index is 1.47. The molecule has 0 saturated heterocycles. The summed E-state index contributed by atoms with van der Waals surface area (Å²) in [5.41, 5.74) is 3.11. The van der Waals surface area contributed by atoms with Crippen molar-refractivity contribution in [3.8, 4) is 0 Å². The van der Waals surface area contributed by atoms with Gasteiger partial charge in [-0.1, -0.05) is 65.3 Å². The minimum atomic E-state index is -0.176. The molecule has 0 saturated carbocycles. The molecule has 0 spiro atoms. The first-order valence-corrected chi connectivity index (χ1v) is 11.6. The van der Waals surface area contributed by atoms with Gasteiger partial charge in [-0.25, -0.2) is 0 Å². The Hall–Kier alpha value is -2.73. The summed E-state index contributed by atoms with van der Waals surface area (Å²) in [7, 11) is 1.71. The number of hydrogen-bond donors (Lipinski definition) is 1. The van der Waals surface area contributed by atoms with Crippen LogP contribution in [-0.2, 0) is 11.2 Å². The van der Waals surface area contributed by atoms with Gasteiger partial charge in [-0.15, -0.1) is 0 Å². The highest BCUT2D eigenvalue weighted by atomic mass is 35.5. The minimum Gasteiger partial charge on any atom is -0.352 e. The molecule has 162 valence electrons. The highest BCUT2D eigenvalue weighted by Gasteiger charge is 2.27. The highest BCUT2D eigenvalue weighted by molar-refractivity contribution is 8.04. The summed E-state index contributed by atoms with van der Waals surface area (Å²) in [4.78, 5) is 28.6. The van der Waals surface area contributed by atoms with Gasteiger partial charge in [0.05, 0.1) is 10.6 Å². The molecule has 1 heterocycles. The van der Waals surface area contributed by atoms with Crippen LogP contribution in [0.4, 0.5) is 5.69 Å². The number of nitrogens with one attached hydrogen (secondary N) is 1. The smallest absolute Gasteiger partial charge is 0.264 e. The Bertz CT molecular complexity index is 1210. The van der Waals surface area contributed by atoms with Gasteiger partial charge in [-0.3, -0.25) is 9.59 Å². The van der Waals surface area contributed by atoms with Crippen LogP contribution in [-0.4, -0.2) is 25.4 Å². The summed E-state index contributed by atoms with van der Waals surface area (Å²) in [5, 5.41) is 4.21. The van der Waals surface area contributed by atoms with E-state index in [0.29, 0.717) is 39.2 Å². The van der Waals surface area contributed by atoms with Gasteiger partial charge in [0, 0.05) is 34.1 Å². The van der Waals surface area contributed by atoms with Crippen LogP contribution in [0.3, 0.4) is 0 Å². The number of hydrogen-bond acceptors (Lipinski definition) is 3. The Morgan fingerprint density at radius 3 is 2.56 bits per heavy atom. The number of thioether (sulfide) groups is 1. The van der Waals surface area contributed by atoms with Crippen molar-refractivity contribution in [2.24, 2.45) is 0 Å². The highest BCUT2D eigenvalue weighted by Crippen LogP contribution is 2.42. The number of carbonyl (C=O) groups excluding carboxylic acids is 2. The van der Waals surface area contributed by atoms with Crippen LogP contribution in [0.5, 0.6) is 0 Å². The van der Waals surface area contributed by atoms with Gasteiger partial charge in [-0.05, 0) is 60.0 Å². The third-order valence-electron chi connectivity index (χ3n) is 5.12. The molecule has 3 aromatic carbocycles.